The fourth-order valence-electron chi connectivity index (χ4n) is 3.36. The number of phenolic OH excluding ortho intramolecular Hbond substituents is 1. The Balaban J connectivity index is 1.62. The zero-order valence-corrected chi connectivity index (χ0v) is 18.4. The SMILES string of the molecule is CC(C)(C)OCCCc1ccc(O)c(-c2csc(OC(=O)N3CCCCC3)c2)c1. The van der Waals surface area contributed by atoms with Crippen molar-refractivity contribution in [1.82, 2.24) is 4.90 Å². The van der Waals surface area contributed by atoms with E-state index in [4.69, 9.17) is 9.47 Å². The lowest BCUT2D eigenvalue weighted by molar-refractivity contribution is -0.00384. The maximum absolute atomic E-state index is 12.3. The van der Waals surface area contributed by atoms with Gasteiger partial charge in [0.05, 0.1) is 5.60 Å². The van der Waals surface area contributed by atoms with Crippen LogP contribution in [0.25, 0.3) is 11.1 Å². The van der Waals surface area contributed by atoms with Crippen LogP contribution in [-0.4, -0.2) is 41.4 Å². The highest BCUT2D eigenvalue weighted by atomic mass is 32.1. The first-order valence-corrected chi connectivity index (χ1v) is 11.2. The molecule has 1 amide bonds. The number of carbonyl (C=O) groups is 1. The molecular weight excluding hydrogens is 386 g/mol. The molecule has 29 heavy (non-hydrogen) atoms. The molecule has 6 heteroatoms. The van der Waals surface area contributed by atoms with Crippen molar-refractivity contribution >= 4 is 17.4 Å². The molecule has 0 bridgehead atoms. The molecule has 5 nitrogen and oxygen atoms in total. The van der Waals surface area contributed by atoms with Gasteiger partial charge in [-0.05, 0) is 76.1 Å². The monoisotopic (exact) mass is 417 g/mol. The van der Waals surface area contributed by atoms with Gasteiger partial charge < -0.3 is 19.5 Å². The van der Waals surface area contributed by atoms with Crippen LogP contribution in [0.5, 0.6) is 10.8 Å². The summed E-state index contributed by atoms with van der Waals surface area (Å²) in [5.41, 5.74) is 2.64. The first-order valence-electron chi connectivity index (χ1n) is 10.3. The molecule has 1 fully saturated rings. The van der Waals surface area contributed by atoms with E-state index < -0.39 is 0 Å². The van der Waals surface area contributed by atoms with E-state index in [2.05, 4.69) is 20.8 Å². The number of benzene rings is 1. The quantitative estimate of drug-likeness (QED) is 0.599. The Morgan fingerprint density at radius 2 is 1.93 bits per heavy atom. The van der Waals surface area contributed by atoms with Gasteiger partial charge in [-0.3, -0.25) is 0 Å². The number of phenols is 1. The molecule has 1 aliphatic heterocycles. The third-order valence-electron chi connectivity index (χ3n) is 4.89. The molecule has 2 heterocycles. The van der Waals surface area contributed by atoms with Crippen molar-refractivity contribution in [1.29, 1.82) is 0 Å². The number of aromatic hydroxyl groups is 1. The summed E-state index contributed by atoms with van der Waals surface area (Å²) in [6.07, 6.45) is 4.76. The summed E-state index contributed by atoms with van der Waals surface area (Å²) < 4.78 is 11.3. The lowest BCUT2D eigenvalue weighted by atomic mass is 10.0. The second-order valence-corrected chi connectivity index (χ2v) is 9.36. The number of carbonyl (C=O) groups excluding carboxylic acids is 1. The van der Waals surface area contributed by atoms with Gasteiger partial charge in [-0.15, -0.1) is 11.3 Å². The molecule has 1 aliphatic rings. The minimum Gasteiger partial charge on any atom is -0.507 e. The molecule has 1 saturated heterocycles. The number of rotatable bonds is 6. The number of hydrogen-bond donors (Lipinski definition) is 1. The van der Waals surface area contributed by atoms with E-state index in [0.29, 0.717) is 11.7 Å². The van der Waals surface area contributed by atoms with Crippen molar-refractivity contribution in [3.05, 3.63) is 35.2 Å². The molecule has 0 aliphatic carbocycles. The fraction of sp³-hybridized carbons (Fsp3) is 0.522. The van der Waals surface area contributed by atoms with Crippen LogP contribution in [-0.2, 0) is 11.2 Å². The lowest BCUT2D eigenvalue weighted by Crippen LogP contribution is -2.37. The molecule has 0 unspecified atom stereocenters. The van der Waals surface area contributed by atoms with Gasteiger partial charge in [-0.2, -0.15) is 0 Å². The van der Waals surface area contributed by atoms with E-state index in [0.717, 1.165) is 55.5 Å². The molecule has 158 valence electrons. The van der Waals surface area contributed by atoms with Crippen molar-refractivity contribution < 1.29 is 19.4 Å². The van der Waals surface area contributed by atoms with E-state index in [1.807, 2.05) is 23.6 Å². The van der Waals surface area contributed by atoms with E-state index in [-0.39, 0.29) is 17.4 Å². The van der Waals surface area contributed by atoms with Crippen molar-refractivity contribution in [2.45, 2.75) is 58.5 Å². The van der Waals surface area contributed by atoms with Gasteiger partial charge in [0.1, 0.15) is 5.75 Å². The number of hydrogen-bond acceptors (Lipinski definition) is 5. The van der Waals surface area contributed by atoms with Crippen molar-refractivity contribution in [2.24, 2.45) is 0 Å². The number of nitrogens with zero attached hydrogens (tertiary/aromatic N) is 1. The molecule has 1 aromatic heterocycles. The minimum atomic E-state index is -0.282. The topological polar surface area (TPSA) is 59.0 Å². The third-order valence-corrected chi connectivity index (χ3v) is 5.70. The summed E-state index contributed by atoms with van der Waals surface area (Å²) in [7, 11) is 0. The summed E-state index contributed by atoms with van der Waals surface area (Å²) in [4.78, 5) is 14.1. The van der Waals surface area contributed by atoms with Gasteiger partial charge in [0.2, 0.25) is 0 Å². The number of aryl methyl sites for hydroxylation is 1. The highest BCUT2D eigenvalue weighted by molar-refractivity contribution is 7.12. The molecule has 1 aromatic carbocycles. The second kappa shape index (κ2) is 9.63. The maximum atomic E-state index is 12.3. The van der Waals surface area contributed by atoms with E-state index in [9.17, 15) is 9.90 Å². The summed E-state index contributed by atoms with van der Waals surface area (Å²) in [5, 5.41) is 12.8. The van der Waals surface area contributed by atoms with Crippen LogP contribution in [0.2, 0.25) is 0 Å². The van der Waals surface area contributed by atoms with E-state index >= 15 is 0 Å². The minimum absolute atomic E-state index is 0.126. The Morgan fingerprint density at radius 1 is 1.17 bits per heavy atom. The van der Waals surface area contributed by atoms with Gasteiger partial charge in [0.25, 0.3) is 0 Å². The number of likely N-dealkylation sites (tertiary alicyclic amines) is 1. The zero-order valence-electron chi connectivity index (χ0n) is 17.6. The predicted octanol–water partition coefficient (Wildman–Crippen LogP) is 5.85. The lowest BCUT2D eigenvalue weighted by Gasteiger charge is -2.25. The predicted molar refractivity (Wildman–Crippen MR) is 117 cm³/mol. The number of amides is 1. The molecule has 0 radical (unpaired) electrons. The van der Waals surface area contributed by atoms with Gasteiger partial charge in [0, 0.05) is 36.7 Å². The van der Waals surface area contributed by atoms with Crippen LogP contribution in [0.15, 0.2) is 29.6 Å². The van der Waals surface area contributed by atoms with Gasteiger partial charge >= 0.3 is 6.09 Å². The Kier molecular flexibility index (Phi) is 7.19. The van der Waals surface area contributed by atoms with Crippen LogP contribution >= 0.6 is 11.3 Å². The van der Waals surface area contributed by atoms with Crippen molar-refractivity contribution in [2.75, 3.05) is 19.7 Å². The number of thiophene rings is 1. The number of piperidine rings is 1. The molecule has 0 saturated carbocycles. The summed E-state index contributed by atoms with van der Waals surface area (Å²) in [6, 6.07) is 7.50. The Morgan fingerprint density at radius 3 is 2.66 bits per heavy atom. The highest BCUT2D eigenvalue weighted by Gasteiger charge is 2.19. The van der Waals surface area contributed by atoms with Gasteiger partial charge in [-0.25, -0.2) is 4.79 Å². The first kappa shape index (κ1) is 21.7. The molecule has 0 spiro atoms. The Hall–Kier alpha value is -2.05. The first-order chi connectivity index (χ1) is 13.8. The smallest absolute Gasteiger partial charge is 0.416 e. The van der Waals surface area contributed by atoms with Crippen LogP contribution in [0, 0.1) is 0 Å². The molecule has 0 atom stereocenters. The highest BCUT2D eigenvalue weighted by Crippen LogP contribution is 2.36. The van der Waals surface area contributed by atoms with Crippen LogP contribution in [0.4, 0.5) is 4.79 Å². The average Bonchev–Trinajstić information content (AvgIpc) is 3.14. The Labute approximate surface area is 177 Å². The van der Waals surface area contributed by atoms with Gasteiger partial charge in [-0.1, -0.05) is 6.07 Å². The van der Waals surface area contributed by atoms with Crippen LogP contribution < -0.4 is 4.74 Å². The normalized spacial score (nSPS) is 14.8. The number of ether oxygens (including phenoxy) is 2. The molecular formula is C23H31NO4S. The van der Waals surface area contributed by atoms with Crippen LogP contribution in [0.3, 0.4) is 0 Å². The molecule has 3 rings (SSSR count). The maximum Gasteiger partial charge on any atom is 0.416 e. The molecule has 2 aromatic rings. The fourth-order valence-corrected chi connectivity index (χ4v) is 4.12. The molecule has 1 N–H and O–H groups in total. The summed E-state index contributed by atoms with van der Waals surface area (Å²) >= 11 is 1.37. The Bertz CT molecular complexity index is 819. The van der Waals surface area contributed by atoms with Crippen molar-refractivity contribution in [3.63, 3.8) is 0 Å². The summed E-state index contributed by atoms with van der Waals surface area (Å²) in [6.45, 7) is 8.39. The van der Waals surface area contributed by atoms with Gasteiger partial charge in [0.15, 0.2) is 5.06 Å². The zero-order chi connectivity index (χ0) is 20.9. The van der Waals surface area contributed by atoms with E-state index in [1.165, 1.54) is 17.8 Å². The third kappa shape index (κ3) is 6.47. The van der Waals surface area contributed by atoms with Crippen LogP contribution in [0.1, 0.15) is 52.0 Å². The van der Waals surface area contributed by atoms with Crippen molar-refractivity contribution in [3.8, 4) is 21.9 Å². The largest absolute Gasteiger partial charge is 0.507 e. The second-order valence-electron chi connectivity index (χ2n) is 8.49. The summed E-state index contributed by atoms with van der Waals surface area (Å²) in [5.74, 6) is 0.228. The standard InChI is InChI=1S/C23H31NO4S/c1-23(2,3)27-13-7-8-17-9-10-20(25)19(14-17)18-15-21(29-16-18)28-22(26)24-11-5-4-6-12-24/h9-10,14-16,25H,4-8,11-13H2,1-3H3. The van der Waals surface area contributed by atoms with E-state index in [1.54, 1.807) is 11.0 Å². The average molecular weight is 418 g/mol.